The van der Waals surface area contributed by atoms with Gasteiger partial charge in [0.25, 0.3) is 5.91 Å². The summed E-state index contributed by atoms with van der Waals surface area (Å²) in [4.78, 5) is 48.4. The van der Waals surface area contributed by atoms with Gasteiger partial charge in [-0.3, -0.25) is 14.4 Å². The Kier molecular flexibility index (Phi) is 10.5. The molecule has 4 aliphatic rings. The summed E-state index contributed by atoms with van der Waals surface area (Å²) in [5, 5.41) is 11.7. The van der Waals surface area contributed by atoms with Crippen molar-refractivity contribution in [3.63, 3.8) is 0 Å². The third kappa shape index (κ3) is 6.73. The number of amides is 3. The fraction of sp³-hybridized carbons (Fsp3) is 0.413. The van der Waals surface area contributed by atoms with Gasteiger partial charge in [-0.25, -0.2) is 0 Å². The fourth-order valence-corrected chi connectivity index (χ4v) is 14.2. The van der Waals surface area contributed by atoms with E-state index in [0.29, 0.717) is 31.7 Å². The van der Waals surface area contributed by atoms with Gasteiger partial charge in [-0.15, -0.1) is 0 Å². The van der Waals surface area contributed by atoms with Crippen LogP contribution in [0.15, 0.2) is 91.0 Å². The van der Waals surface area contributed by atoms with Crippen LogP contribution in [0, 0.1) is 5.92 Å². The number of anilines is 2. The van der Waals surface area contributed by atoms with Crippen molar-refractivity contribution in [3.05, 3.63) is 113 Å². The van der Waals surface area contributed by atoms with Crippen LogP contribution in [0.1, 0.15) is 54.9 Å². The molecule has 0 bridgehead atoms. The Morgan fingerprint density at radius 2 is 1.65 bits per heavy atom. The largest absolute Gasteiger partial charge is 0.497 e. The lowest BCUT2D eigenvalue weighted by Crippen LogP contribution is -2.52. The van der Waals surface area contributed by atoms with Gasteiger partial charge in [0.05, 0.1) is 59.7 Å². The Labute approximate surface area is 336 Å². The highest BCUT2D eigenvalue weighted by atomic mass is 28.3. The number of fused-ring (bicyclic) bond motifs is 3. The van der Waals surface area contributed by atoms with Gasteiger partial charge >= 0.3 is 0 Å². The monoisotopic (exact) mass is 787 g/mol. The van der Waals surface area contributed by atoms with Crippen molar-refractivity contribution in [2.24, 2.45) is 5.92 Å². The minimum absolute atomic E-state index is 0.0699. The highest BCUT2D eigenvalue weighted by Gasteiger charge is 2.66. The predicted octanol–water partition coefficient (Wildman–Crippen LogP) is 6.32. The second kappa shape index (κ2) is 15.4. The molecule has 57 heavy (non-hydrogen) atoms. The van der Waals surface area contributed by atoms with Crippen LogP contribution in [0.2, 0.25) is 18.6 Å². The van der Waals surface area contributed by atoms with Gasteiger partial charge in [-0.05, 0) is 84.0 Å². The molecule has 0 radical (unpaired) electrons. The van der Waals surface area contributed by atoms with Crippen molar-refractivity contribution in [1.82, 2.24) is 4.90 Å². The molecule has 4 aromatic rings. The Morgan fingerprint density at radius 3 is 2.37 bits per heavy atom. The van der Waals surface area contributed by atoms with Crippen LogP contribution in [0.25, 0.3) is 0 Å². The predicted molar refractivity (Wildman–Crippen MR) is 223 cm³/mol. The fourth-order valence-electron chi connectivity index (χ4n) is 10.2. The molecule has 1 spiro atoms. The summed E-state index contributed by atoms with van der Waals surface area (Å²) in [5.41, 5.74) is 3.90. The second-order valence-corrected chi connectivity index (χ2v) is 21.3. The number of hydrogen-bond acceptors (Lipinski definition) is 7. The van der Waals surface area contributed by atoms with Crippen LogP contribution >= 0.6 is 0 Å². The first-order valence-corrected chi connectivity index (χ1v) is 23.3. The van der Waals surface area contributed by atoms with Crippen molar-refractivity contribution in [1.29, 1.82) is 0 Å². The van der Waals surface area contributed by atoms with Crippen molar-refractivity contribution in [2.75, 3.05) is 37.2 Å². The second-order valence-electron chi connectivity index (χ2n) is 16.6. The average molecular weight is 788 g/mol. The summed E-state index contributed by atoms with van der Waals surface area (Å²) >= 11 is 0. The number of piperidine rings is 1. The average Bonchev–Trinajstić information content (AvgIpc) is 3.65. The first-order chi connectivity index (χ1) is 27.5. The molecule has 0 saturated carbocycles. The molecular formula is C46H53N3O7Si. The highest BCUT2D eigenvalue weighted by molar-refractivity contribution is 6.91. The van der Waals surface area contributed by atoms with E-state index < -0.39 is 19.8 Å². The molecule has 2 fully saturated rings. The van der Waals surface area contributed by atoms with Gasteiger partial charge in [0.2, 0.25) is 11.8 Å². The van der Waals surface area contributed by atoms with E-state index in [1.54, 1.807) is 19.1 Å². The van der Waals surface area contributed by atoms with Crippen LogP contribution in [0.4, 0.5) is 11.4 Å². The van der Waals surface area contributed by atoms with E-state index in [1.165, 1.54) is 5.19 Å². The van der Waals surface area contributed by atoms with E-state index >= 15 is 4.79 Å². The molecule has 5 atom stereocenters. The normalized spacial score (nSPS) is 24.5. The maximum absolute atomic E-state index is 15.5. The van der Waals surface area contributed by atoms with Crippen LogP contribution in [0.5, 0.6) is 11.5 Å². The summed E-state index contributed by atoms with van der Waals surface area (Å²) in [6.07, 6.45) is 2.45. The Hall–Kier alpha value is -4.97. The van der Waals surface area contributed by atoms with Crippen molar-refractivity contribution in [2.45, 2.75) is 88.5 Å². The lowest BCUT2D eigenvalue weighted by molar-refractivity contribution is -0.151. The van der Waals surface area contributed by atoms with E-state index in [0.717, 1.165) is 52.2 Å². The highest BCUT2D eigenvalue weighted by Crippen LogP contribution is 2.60. The summed E-state index contributed by atoms with van der Waals surface area (Å²) in [6.45, 7) is 7.96. The minimum Gasteiger partial charge on any atom is -0.497 e. The lowest BCUT2D eigenvalue weighted by atomic mass is 9.82. The van der Waals surface area contributed by atoms with Gasteiger partial charge in [0, 0.05) is 36.7 Å². The molecule has 4 aromatic carbocycles. The number of ether oxygens (including phenoxy) is 3. The number of methoxy groups -OCH3 is 2. The first-order valence-electron chi connectivity index (χ1n) is 20.2. The zero-order valence-electron chi connectivity index (χ0n) is 33.6. The third-order valence-electron chi connectivity index (χ3n) is 13.2. The number of aliphatic hydroxyl groups excluding tert-OH is 1. The van der Waals surface area contributed by atoms with Gasteiger partial charge in [0.15, 0.2) is 5.60 Å². The topological polar surface area (TPSA) is 109 Å². The molecule has 298 valence electrons. The zero-order valence-corrected chi connectivity index (χ0v) is 34.6. The van der Waals surface area contributed by atoms with E-state index in [4.69, 9.17) is 14.2 Å². The smallest absolute Gasteiger partial charge is 0.264 e. The number of hydrogen-bond donors (Lipinski definition) is 1. The third-order valence-corrected chi connectivity index (χ3v) is 17.6. The molecule has 8 rings (SSSR count). The number of rotatable bonds is 10. The quantitative estimate of drug-likeness (QED) is 0.188. The molecule has 10 nitrogen and oxygen atoms in total. The van der Waals surface area contributed by atoms with Crippen molar-refractivity contribution >= 4 is 42.4 Å². The number of carbonyl (C=O) groups is 3. The Balaban J connectivity index is 1.19. The molecule has 0 unspecified atom stereocenters. The van der Waals surface area contributed by atoms with Crippen molar-refractivity contribution in [3.8, 4) is 11.5 Å². The van der Waals surface area contributed by atoms with Gasteiger partial charge in [0.1, 0.15) is 11.5 Å². The van der Waals surface area contributed by atoms with Crippen LogP contribution in [-0.2, 0) is 44.2 Å². The van der Waals surface area contributed by atoms with Crippen LogP contribution < -0.4 is 24.5 Å². The number of benzene rings is 4. The van der Waals surface area contributed by atoms with Crippen molar-refractivity contribution < 1.29 is 33.7 Å². The van der Waals surface area contributed by atoms with E-state index in [2.05, 4.69) is 38.2 Å². The summed E-state index contributed by atoms with van der Waals surface area (Å²) in [7, 11) is 0.729. The van der Waals surface area contributed by atoms with Gasteiger partial charge in [-0.1, -0.05) is 73.7 Å². The standard InChI is InChI=1S/C46H53N3O7Si/c1-30-44(57(4,5)38-19-16-36(54-2)17-20-38)41(26-43(52)48-28-33-13-7-6-12-32(33)24-35(48)29-50)56-46(30)39-25-37(55-3)18-21-40(39)49(45(46)53)27-31-11-10-14-34(23-31)47-22-9-8-15-42(47)51/h6-7,10-14,16-21,23,25,30,35,41,44,50H,8-9,15,22,24,26-29H2,1-5H3/t30-,35-,41+,44-,46+/m0/s1. The molecule has 0 aliphatic carbocycles. The Morgan fingerprint density at radius 1 is 0.912 bits per heavy atom. The summed E-state index contributed by atoms with van der Waals surface area (Å²) < 4.78 is 18.6. The molecule has 3 amide bonds. The lowest BCUT2D eigenvalue weighted by Gasteiger charge is -2.39. The number of aliphatic hydroxyl groups is 1. The summed E-state index contributed by atoms with van der Waals surface area (Å²) in [5.74, 6) is 0.908. The maximum atomic E-state index is 15.5. The van der Waals surface area contributed by atoms with Gasteiger partial charge < -0.3 is 34.0 Å². The van der Waals surface area contributed by atoms with Crippen LogP contribution in [0.3, 0.4) is 0 Å². The van der Waals surface area contributed by atoms with Crippen LogP contribution in [-0.4, -0.2) is 75.3 Å². The SMILES string of the molecule is COc1ccc([Si](C)(C)[C@@H]2[C@@H](CC(=O)N3Cc4ccccc4C[C@H]3CO)O[C@]3(C(=O)N(Cc4cccc(N5CCCCC5=O)c4)c4ccc(OC)cc43)[C@H]2C)cc1. The molecule has 4 heterocycles. The molecule has 4 aliphatic heterocycles. The van der Waals surface area contributed by atoms with E-state index in [-0.39, 0.29) is 54.8 Å². The summed E-state index contributed by atoms with van der Waals surface area (Å²) in [6, 6.07) is 29.6. The molecular weight excluding hydrogens is 735 g/mol. The minimum atomic E-state index is -2.54. The van der Waals surface area contributed by atoms with Gasteiger partial charge in [-0.2, -0.15) is 0 Å². The molecule has 1 N–H and O–H groups in total. The number of nitrogens with zero attached hydrogens (tertiary/aromatic N) is 3. The first kappa shape index (κ1) is 38.9. The van der Waals surface area contributed by atoms with E-state index in [1.807, 2.05) is 82.6 Å². The molecule has 0 aromatic heterocycles. The molecule has 2 saturated heterocycles. The number of carbonyl (C=O) groups excluding carboxylic acids is 3. The maximum Gasteiger partial charge on any atom is 0.264 e. The van der Waals surface area contributed by atoms with E-state index in [9.17, 15) is 14.7 Å². The molecule has 11 heteroatoms. The Bertz CT molecular complexity index is 2180. The zero-order chi connectivity index (χ0) is 40.1.